The smallest absolute Gasteiger partial charge is 0.246 e. The summed E-state index contributed by atoms with van der Waals surface area (Å²) in [6, 6.07) is 0. The first-order valence-corrected chi connectivity index (χ1v) is 7.06. The van der Waals surface area contributed by atoms with Crippen molar-refractivity contribution in [3.63, 3.8) is 0 Å². The van der Waals surface area contributed by atoms with Gasteiger partial charge in [-0.05, 0) is 13.5 Å². The first kappa shape index (κ1) is 14.7. The van der Waals surface area contributed by atoms with Crippen molar-refractivity contribution in [3.05, 3.63) is 0 Å². The average Bonchev–Trinajstić information content (AvgIpc) is 2.41. The van der Waals surface area contributed by atoms with E-state index in [1.807, 2.05) is 6.92 Å². The molecule has 2 N–H and O–H groups in total. The average molecular weight is 271 g/mol. The molecule has 0 aromatic heterocycles. The van der Waals surface area contributed by atoms with Gasteiger partial charge in [0.1, 0.15) is 6.61 Å². The van der Waals surface area contributed by atoms with Gasteiger partial charge in [-0.25, -0.2) is 0 Å². The second-order valence-corrected chi connectivity index (χ2v) is 5.53. The monoisotopic (exact) mass is 271 g/mol. The van der Waals surface area contributed by atoms with Crippen LogP contribution >= 0.6 is 0 Å². The molecule has 1 atom stereocenters. The van der Waals surface area contributed by atoms with E-state index in [1.54, 1.807) is 0 Å². The molecule has 110 valence electrons. The van der Waals surface area contributed by atoms with Gasteiger partial charge in [0.15, 0.2) is 0 Å². The van der Waals surface area contributed by atoms with Crippen LogP contribution in [0, 0.1) is 0 Å². The molecule has 0 radical (unpaired) electrons. The van der Waals surface area contributed by atoms with E-state index < -0.39 is 0 Å². The number of nitrogens with zero attached hydrogens (tertiary/aromatic N) is 1. The van der Waals surface area contributed by atoms with Crippen molar-refractivity contribution in [2.75, 3.05) is 52.5 Å². The normalized spacial score (nSPS) is 26.7. The van der Waals surface area contributed by atoms with Gasteiger partial charge in [-0.15, -0.1) is 0 Å². The van der Waals surface area contributed by atoms with Gasteiger partial charge in [0.2, 0.25) is 5.91 Å². The fourth-order valence-electron chi connectivity index (χ4n) is 2.29. The first-order chi connectivity index (χ1) is 9.11. The maximum atomic E-state index is 11.7. The van der Waals surface area contributed by atoms with Crippen LogP contribution in [-0.4, -0.2) is 75.0 Å². The van der Waals surface area contributed by atoms with Gasteiger partial charge in [-0.3, -0.25) is 9.69 Å². The fraction of sp³-hybridized carbons (Fsp3) is 0.923. The van der Waals surface area contributed by atoms with Gasteiger partial charge in [0.25, 0.3) is 0 Å². The summed E-state index contributed by atoms with van der Waals surface area (Å²) in [5.41, 5.74) is -0.169. The highest BCUT2D eigenvalue weighted by atomic mass is 16.5. The Bertz CT molecular complexity index is 308. The van der Waals surface area contributed by atoms with Crippen molar-refractivity contribution < 1.29 is 14.3 Å². The Morgan fingerprint density at radius 1 is 1.58 bits per heavy atom. The molecule has 2 heterocycles. The third-order valence-electron chi connectivity index (χ3n) is 3.75. The number of morpholine rings is 1. The molecule has 0 aromatic rings. The number of rotatable bonds is 6. The minimum absolute atomic E-state index is 0.0645. The Balaban J connectivity index is 1.60. The molecule has 0 spiro atoms. The van der Waals surface area contributed by atoms with Gasteiger partial charge in [0, 0.05) is 32.7 Å². The van der Waals surface area contributed by atoms with Crippen LogP contribution < -0.4 is 10.6 Å². The number of amides is 1. The standard InChI is InChI=1S/C13H25N3O3/c1-3-16-4-5-18-11(7-16)6-15-12(17)8-19-13(2)9-14-10-13/h11,14H,3-10H2,1-2H3,(H,15,17). The molecule has 2 rings (SSSR count). The molecule has 0 bridgehead atoms. The second kappa shape index (κ2) is 6.65. The Kier molecular flexibility index (Phi) is 5.15. The summed E-state index contributed by atoms with van der Waals surface area (Å²) in [5, 5.41) is 6.02. The highest BCUT2D eigenvalue weighted by Gasteiger charge is 2.33. The summed E-state index contributed by atoms with van der Waals surface area (Å²) in [7, 11) is 0. The molecule has 2 aliphatic rings. The molecule has 0 aromatic carbocycles. The van der Waals surface area contributed by atoms with Crippen LogP contribution in [0.5, 0.6) is 0 Å². The quantitative estimate of drug-likeness (QED) is 0.662. The number of hydrogen-bond acceptors (Lipinski definition) is 5. The van der Waals surface area contributed by atoms with Gasteiger partial charge in [-0.2, -0.15) is 0 Å². The van der Waals surface area contributed by atoms with Gasteiger partial charge >= 0.3 is 0 Å². The topological polar surface area (TPSA) is 62.8 Å². The molecule has 19 heavy (non-hydrogen) atoms. The molecule has 1 unspecified atom stereocenters. The van der Waals surface area contributed by atoms with E-state index in [1.165, 1.54) is 0 Å². The number of hydrogen-bond donors (Lipinski definition) is 2. The number of carbonyl (C=O) groups excluding carboxylic acids is 1. The van der Waals surface area contributed by atoms with Crippen LogP contribution in [0.2, 0.25) is 0 Å². The van der Waals surface area contributed by atoms with Crippen molar-refractivity contribution in [3.8, 4) is 0 Å². The van der Waals surface area contributed by atoms with Crippen molar-refractivity contribution >= 4 is 5.91 Å². The van der Waals surface area contributed by atoms with E-state index in [4.69, 9.17) is 9.47 Å². The van der Waals surface area contributed by atoms with E-state index >= 15 is 0 Å². The zero-order valence-corrected chi connectivity index (χ0v) is 11.9. The molecule has 6 heteroatoms. The molecule has 2 fully saturated rings. The highest BCUT2D eigenvalue weighted by molar-refractivity contribution is 5.77. The summed E-state index contributed by atoms with van der Waals surface area (Å²) in [5.74, 6) is -0.0645. The minimum Gasteiger partial charge on any atom is -0.374 e. The van der Waals surface area contributed by atoms with Crippen LogP contribution in [0.25, 0.3) is 0 Å². The molecule has 0 aliphatic carbocycles. The summed E-state index contributed by atoms with van der Waals surface area (Å²) in [4.78, 5) is 14.0. The largest absolute Gasteiger partial charge is 0.374 e. The molecule has 0 saturated carbocycles. The van der Waals surface area contributed by atoms with Crippen molar-refractivity contribution in [1.29, 1.82) is 0 Å². The maximum Gasteiger partial charge on any atom is 0.246 e. The molecular formula is C13H25N3O3. The highest BCUT2D eigenvalue weighted by Crippen LogP contribution is 2.14. The van der Waals surface area contributed by atoms with Crippen LogP contribution in [0.1, 0.15) is 13.8 Å². The van der Waals surface area contributed by atoms with Crippen molar-refractivity contribution in [1.82, 2.24) is 15.5 Å². The first-order valence-electron chi connectivity index (χ1n) is 7.06. The molecule has 1 amide bonds. The molecular weight excluding hydrogens is 246 g/mol. The Morgan fingerprint density at radius 3 is 3.00 bits per heavy atom. The SMILES string of the molecule is CCN1CCOC(CNC(=O)COC2(C)CNC2)C1. The zero-order chi connectivity index (χ0) is 13.7. The van der Waals surface area contributed by atoms with Crippen LogP contribution in [0.4, 0.5) is 0 Å². The summed E-state index contributed by atoms with van der Waals surface area (Å²) < 4.78 is 11.2. The third-order valence-corrected chi connectivity index (χ3v) is 3.75. The maximum absolute atomic E-state index is 11.7. The zero-order valence-electron chi connectivity index (χ0n) is 11.9. The predicted molar refractivity (Wildman–Crippen MR) is 72.1 cm³/mol. The summed E-state index contributed by atoms with van der Waals surface area (Å²) in [6.45, 7) is 10.1. The van der Waals surface area contributed by atoms with E-state index in [2.05, 4.69) is 22.5 Å². The molecule has 2 aliphatic heterocycles. The van der Waals surface area contributed by atoms with Crippen LogP contribution in [-0.2, 0) is 14.3 Å². The minimum atomic E-state index is -0.169. The lowest BCUT2D eigenvalue weighted by Crippen LogP contribution is -2.59. The van der Waals surface area contributed by atoms with Crippen LogP contribution in [0.3, 0.4) is 0 Å². The van der Waals surface area contributed by atoms with E-state index in [-0.39, 0.29) is 24.2 Å². The Hall–Kier alpha value is -0.690. The van der Waals surface area contributed by atoms with E-state index in [0.29, 0.717) is 6.54 Å². The Morgan fingerprint density at radius 2 is 2.37 bits per heavy atom. The summed E-state index contributed by atoms with van der Waals surface area (Å²) in [6.07, 6.45) is 0.0959. The van der Waals surface area contributed by atoms with E-state index in [9.17, 15) is 4.79 Å². The number of likely N-dealkylation sites (N-methyl/N-ethyl adjacent to an activating group) is 1. The van der Waals surface area contributed by atoms with E-state index in [0.717, 1.165) is 39.3 Å². The number of ether oxygens (including phenoxy) is 2. The Labute approximate surface area is 114 Å². The fourth-order valence-corrected chi connectivity index (χ4v) is 2.29. The second-order valence-electron chi connectivity index (χ2n) is 5.53. The predicted octanol–water partition coefficient (Wildman–Crippen LogP) is -0.798. The van der Waals surface area contributed by atoms with Crippen molar-refractivity contribution in [2.24, 2.45) is 0 Å². The van der Waals surface area contributed by atoms with Crippen molar-refractivity contribution in [2.45, 2.75) is 25.6 Å². The van der Waals surface area contributed by atoms with Gasteiger partial charge in [-0.1, -0.05) is 6.92 Å². The lowest BCUT2D eigenvalue weighted by Gasteiger charge is -2.38. The van der Waals surface area contributed by atoms with Gasteiger partial charge < -0.3 is 20.1 Å². The third kappa shape index (κ3) is 4.42. The summed E-state index contributed by atoms with van der Waals surface area (Å²) >= 11 is 0. The number of carbonyl (C=O) groups is 1. The lowest BCUT2D eigenvalue weighted by atomic mass is 10.0. The number of nitrogens with one attached hydrogen (secondary N) is 2. The van der Waals surface area contributed by atoms with Crippen LogP contribution in [0.15, 0.2) is 0 Å². The lowest BCUT2D eigenvalue weighted by molar-refractivity contribution is -0.136. The molecule has 6 nitrogen and oxygen atoms in total. The molecule has 2 saturated heterocycles. The van der Waals surface area contributed by atoms with Gasteiger partial charge in [0.05, 0.1) is 18.3 Å².